The van der Waals surface area contributed by atoms with E-state index in [1.54, 1.807) is 18.2 Å². The van der Waals surface area contributed by atoms with Gasteiger partial charge >= 0.3 is 0 Å². The van der Waals surface area contributed by atoms with Gasteiger partial charge in [-0.05, 0) is 42.0 Å². The minimum atomic E-state index is -0.281. The first-order valence-corrected chi connectivity index (χ1v) is 9.24. The van der Waals surface area contributed by atoms with E-state index in [0.717, 1.165) is 16.8 Å². The van der Waals surface area contributed by atoms with Crippen LogP contribution in [0, 0.1) is 0 Å². The molecule has 0 saturated heterocycles. The topological polar surface area (TPSA) is 125 Å². The number of hydrogen-bond donors (Lipinski definition) is 4. The van der Waals surface area contributed by atoms with E-state index in [2.05, 4.69) is 14.9 Å². The Balaban J connectivity index is 1.57. The van der Waals surface area contributed by atoms with Gasteiger partial charge in [0.25, 0.3) is 5.56 Å². The molecule has 1 aromatic heterocycles. The zero-order valence-corrected chi connectivity index (χ0v) is 16.0. The molecule has 150 valence electrons. The predicted octanol–water partition coefficient (Wildman–Crippen LogP) is 2.00. The van der Waals surface area contributed by atoms with Crippen molar-refractivity contribution in [3.05, 3.63) is 63.6 Å². The molecule has 2 aromatic carbocycles. The molecule has 0 spiro atoms. The Kier molecular flexibility index (Phi) is 4.85. The molecular formula is C21H22N4O4. The number of benzene rings is 2. The fourth-order valence-corrected chi connectivity index (χ4v) is 3.55. The Bertz CT molecular complexity index is 1110. The van der Waals surface area contributed by atoms with Crippen molar-refractivity contribution in [1.82, 2.24) is 14.9 Å². The van der Waals surface area contributed by atoms with Gasteiger partial charge in [0, 0.05) is 37.3 Å². The normalized spacial score (nSPS) is 13.8. The molecule has 0 aliphatic carbocycles. The molecule has 0 atom stereocenters. The Morgan fingerprint density at radius 3 is 2.72 bits per heavy atom. The summed E-state index contributed by atoms with van der Waals surface area (Å²) >= 11 is 0. The zero-order valence-electron chi connectivity index (χ0n) is 16.0. The van der Waals surface area contributed by atoms with Crippen LogP contribution in [0.2, 0.25) is 0 Å². The number of ether oxygens (including phenoxy) is 1. The van der Waals surface area contributed by atoms with E-state index in [-0.39, 0.29) is 22.8 Å². The molecular weight excluding hydrogens is 372 g/mol. The van der Waals surface area contributed by atoms with Crippen LogP contribution in [0.15, 0.2) is 41.2 Å². The number of methoxy groups -OCH3 is 1. The average molecular weight is 394 g/mol. The Morgan fingerprint density at radius 1 is 1.24 bits per heavy atom. The molecule has 0 saturated carbocycles. The van der Waals surface area contributed by atoms with Gasteiger partial charge in [-0.3, -0.25) is 9.69 Å². The number of aromatic hydroxyl groups is 2. The smallest absolute Gasteiger partial charge is 0.255 e. The number of nitrogens with zero attached hydrogens (tertiary/aromatic N) is 2. The summed E-state index contributed by atoms with van der Waals surface area (Å²) in [4.78, 5) is 22.3. The number of hydrogen-bond acceptors (Lipinski definition) is 7. The summed E-state index contributed by atoms with van der Waals surface area (Å²) in [6.07, 6.45) is 0.641. The molecule has 1 aliphatic rings. The van der Waals surface area contributed by atoms with Crippen LogP contribution in [-0.4, -0.2) is 38.7 Å². The van der Waals surface area contributed by atoms with Crippen LogP contribution in [0.1, 0.15) is 16.8 Å². The lowest BCUT2D eigenvalue weighted by atomic mass is 10.0. The van der Waals surface area contributed by atoms with Crippen molar-refractivity contribution in [3.8, 4) is 28.6 Å². The summed E-state index contributed by atoms with van der Waals surface area (Å²) in [7, 11) is 1.43. The van der Waals surface area contributed by atoms with Crippen molar-refractivity contribution in [2.75, 3.05) is 19.4 Å². The molecule has 2 heterocycles. The van der Waals surface area contributed by atoms with Gasteiger partial charge in [0.05, 0.1) is 18.4 Å². The van der Waals surface area contributed by atoms with E-state index < -0.39 is 0 Å². The van der Waals surface area contributed by atoms with Gasteiger partial charge in [-0.15, -0.1) is 0 Å². The minimum absolute atomic E-state index is 0.155. The number of fused-ring (bicyclic) bond motifs is 1. The number of nitrogens with one attached hydrogen (secondary N) is 1. The predicted molar refractivity (Wildman–Crippen MR) is 109 cm³/mol. The van der Waals surface area contributed by atoms with Crippen molar-refractivity contribution in [2.24, 2.45) is 0 Å². The quantitative estimate of drug-likeness (QED) is 0.394. The van der Waals surface area contributed by atoms with Gasteiger partial charge in [-0.1, -0.05) is 0 Å². The molecule has 4 rings (SSSR count). The van der Waals surface area contributed by atoms with Gasteiger partial charge < -0.3 is 25.7 Å². The second kappa shape index (κ2) is 7.48. The number of rotatable bonds is 4. The first kappa shape index (κ1) is 18.8. The van der Waals surface area contributed by atoms with E-state index in [1.165, 1.54) is 13.2 Å². The maximum atomic E-state index is 12.7. The fourth-order valence-electron chi connectivity index (χ4n) is 3.55. The molecule has 8 nitrogen and oxygen atoms in total. The number of nitrogen functional groups attached to an aromatic ring is 1. The molecule has 0 unspecified atom stereocenters. The molecule has 0 radical (unpaired) electrons. The number of aromatic nitrogens is 2. The van der Waals surface area contributed by atoms with Crippen LogP contribution in [-0.2, 0) is 19.5 Å². The van der Waals surface area contributed by atoms with Crippen molar-refractivity contribution in [1.29, 1.82) is 0 Å². The SMILES string of the molecule is COc1cc(CN2CCc3nc(-c4ccc(N)cc4)[nH]c(=O)c3C2)cc(O)c1O. The molecule has 5 N–H and O–H groups in total. The van der Waals surface area contributed by atoms with E-state index in [0.29, 0.717) is 43.1 Å². The van der Waals surface area contributed by atoms with Gasteiger partial charge in [-0.2, -0.15) is 0 Å². The summed E-state index contributed by atoms with van der Waals surface area (Å²) in [5.41, 5.74) is 9.26. The number of anilines is 1. The lowest BCUT2D eigenvalue weighted by molar-refractivity contribution is 0.241. The van der Waals surface area contributed by atoms with Crippen LogP contribution in [0.25, 0.3) is 11.4 Å². The minimum Gasteiger partial charge on any atom is -0.504 e. The standard InChI is InChI=1S/C21H22N4O4/c1-29-18-9-12(8-17(26)19(18)27)10-25-7-6-16-15(11-25)21(28)24-20(23-16)13-2-4-14(22)5-3-13/h2-5,8-9,26-27H,6-7,10-11,22H2,1H3,(H,23,24,28). The number of nitrogens with two attached hydrogens (primary N) is 1. The van der Waals surface area contributed by atoms with Crippen LogP contribution >= 0.6 is 0 Å². The Morgan fingerprint density at radius 2 is 2.00 bits per heavy atom. The van der Waals surface area contributed by atoms with E-state index in [1.807, 2.05) is 12.1 Å². The van der Waals surface area contributed by atoms with Crippen LogP contribution in [0.4, 0.5) is 5.69 Å². The second-order valence-corrected chi connectivity index (χ2v) is 7.09. The van der Waals surface area contributed by atoms with Gasteiger partial charge in [0.1, 0.15) is 5.82 Å². The monoisotopic (exact) mass is 394 g/mol. The lowest BCUT2D eigenvalue weighted by Gasteiger charge is -2.28. The summed E-state index contributed by atoms with van der Waals surface area (Å²) in [5, 5.41) is 19.7. The lowest BCUT2D eigenvalue weighted by Crippen LogP contribution is -2.35. The largest absolute Gasteiger partial charge is 0.504 e. The zero-order chi connectivity index (χ0) is 20.5. The third kappa shape index (κ3) is 3.74. The number of phenolic OH excluding ortho intramolecular Hbond substituents is 2. The van der Waals surface area contributed by atoms with Gasteiger partial charge in [0.2, 0.25) is 5.75 Å². The Hall–Kier alpha value is -3.52. The van der Waals surface area contributed by atoms with Crippen molar-refractivity contribution in [3.63, 3.8) is 0 Å². The molecule has 8 heteroatoms. The Labute approximate surface area is 167 Å². The van der Waals surface area contributed by atoms with E-state index in [9.17, 15) is 15.0 Å². The third-order valence-corrected chi connectivity index (χ3v) is 5.07. The fraction of sp³-hybridized carbons (Fsp3) is 0.238. The summed E-state index contributed by atoms with van der Waals surface area (Å²) in [6, 6.07) is 10.4. The van der Waals surface area contributed by atoms with Crippen molar-refractivity contribution < 1.29 is 14.9 Å². The van der Waals surface area contributed by atoms with E-state index in [4.69, 9.17) is 10.5 Å². The highest BCUT2D eigenvalue weighted by atomic mass is 16.5. The summed E-state index contributed by atoms with van der Waals surface area (Å²) in [6.45, 7) is 1.67. The number of phenols is 2. The van der Waals surface area contributed by atoms with E-state index >= 15 is 0 Å². The first-order chi connectivity index (χ1) is 13.9. The third-order valence-electron chi connectivity index (χ3n) is 5.07. The molecule has 29 heavy (non-hydrogen) atoms. The molecule has 1 aliphatic heterocycles. The average Bonchev–Trinajstić information content (AvgIpc) is 2.71. The summed E-state index contributed by atoms with van der Waals surface area (Å²) in [5.74, 6) is 0.237. The highest BCUT2D eigenvalue weighted by Gasteiger charge is 2.22. The highest BCUT2D eigenvalue weighted by molar-refractivity contribution is 5.59. The maximum Gasteiger partial charge on any atom is 0.255 e. The van der Waals surface area contributed by atoms with Crippen LogP contribution in [0.5, 0.6) is 17.2 Å². The number of aromatic amines is 1. The van der Waals surface area contributed by atoms with Gasteiger partial charge in [-0.25, -0.2) is 4.98 Å². The molecule has 0 bridgehead atoms. The first-order valence-electron chi connectivity index (χ1n) is 9.24. The van der Waals surface area contributed by atoms with Gasteiger partial charge in [0.15, 0.2) is 11.5 Å². The molecule has 0 fully saturated rings. The number of H-pyrrole nitrogens is 1. The van der Waals surface area contributed by atoms with Crippen LogP contribution < -0.4 is 16.0 Å². The summed E-state index contributed by atoms with van der Waals surface area (Å²) < 4.78 is 5.09. The molecule has 0 amide bonds. The highest BCUT2D eigenvalue weighted by Crippen LogP contribution is 2.36. The van der Waals surface area contributed by atoms with Crippen LogP contribution in [0.3, 0.4) is 0 Å². The maximum absolute atomic E-state index is 12.7. The second-order valence-electron chi connectivity index (χ2n) is 7.09. The van der Waals surface area contributed by atoms with Crippen molar-refractivity contribution >= 4 is 5.69 Å². The molecule has 3 aromatic rings. The van der Waals surface area contributed by atoms with Crippen molar-refractivity contribution in [2.45, 2.75) is 19.5 Å².